The van der Waals surface area contributed by atoms with Crippen molar-refractivity contribution in [1.29, 1.82) is 5.26 Å². The highest BCUT2D eigenvalue weighted by molar-refractivity contribution is 5.28. The lowest BCUT2D eigenvalue weighted by Crippen LogP contribution is -2.38. The van der Waals surface area contributed by atoms with E-state index < -0.39 is 0 Å². The van der Waals surface area contributed by atoms with Gasteiger partial charge in [0.1, 0.15) is 12.4 Å². The summed E-state index contributed by atoms with van der Waals surface area (Å²) in [7, 11) is 0. The number of rotatable bonds is 5. The van der Waals surface area contributed by atoms with Crippen LogP contribution in [-0.4, -0.2) is 44.4 Å². The Morgan fingerprint density at radius 1 is 1.22 bits per heavy atom. The van der Waals surface area contributed by atoms with Crippen LogP contribution < -0.4 is 4.74 Å². The Balaban J connectivity index is 1.71. The van der Waals surface area contributed by atoms with Crippen LogP contribution in [0.25, 0.3) is 0 Å². The van der Waals surface area contributed by atoms with Crippen LogP contribution in [0.1, 0.15) is 5.56 Å². The van der Waals surface area contributed by atoms with Crippen LogP contribution in [-0.2, 0) is 11.2 Å². The van der Waals surface area contributed by atoms with E-state index in [2.05, 4.69) is 11.0 Å². The van der Waals surface area contributed by atoms with E-state index in [9.17, 15) is 0 Å². The van der Waals surface area contributed by atoms with E-state index in [-0.39, 0.29) is 0 Å². The maximum Gasteiger partial charge on any atom is 0.119 e. The summed E-state index contributed by atoms with van der Waals surface area (Å²) < 4.78 is 11.0. The molecular formula is C14H18N2O2. The lowest BCUT2D eigenvalue weighted by molar-refractivity contribution is 0.0322. The van der Waals surface area contributed by atoms with Crippen LogP contribution in [0.15, 0.2) is 24.3 Å². The number of hydrogen-bond acceptors (Lipinski definition) is 4. The second-order valence-electron chi connectivity index (χ2n) is 4.28. The molecule has 1 aliphatic heterocycles. The molecule has 4 nitrogen and oxygen atoms in total. The van der Waals surface area contributed by atoms with Gasteiger partial charge in [0.05, 0.1) is 25.7 Å². The molecular weight excluding hydrogens is 228 g/mol. The summed E-state index contributed by atoms with van der Waals surface area (Å²) in [5.41, 5.74) is 1.03. The second-order valence-corrected chi connectivity index (χ2v) is 4.28. The Bertz CT molecular complexity index is 391. The van der Waals surface area contributed by atoms with E-state index in [4.69, 9.17) is 14.7 Å². The monoisotopic (exact) mass is 246 g/mol. The zero-order valence-corrected chi connectivity index (χ0v) is 10.5. The fourth-order valence-corrected chi connectivity index (χ4v) is 1.91. The fourth-order valence-electron chi connectivity index (χ4n) is 1.91. The van der Waals surface area contributed by atoms with Gasteiger partial charge in [-0.25, -0.2) is 0 Å². The summed E-state index contributed by atoms with van der Waals surface area (Å²) in [5.74, 6) is 0.866. The maximum atomic E-state index is 8.58. The Morgan fingerprint density at radius 2 is 1.94 bits per heavy atom. The molecule has 0 aliphatic carbocycles. The van der Waals surface area contributed by atoms with Crippen molar-refractivity contribution in [3.63, 3.8) is 0 Å². The van der Waals surface area contributed by atoms with Gasteiger partial charge in [-0.15, -0.1) is 0 Å². The fraction of sp³-hybridized carbons (Fsp3) is 0.500. The predicted octanol–water partition coefficient (Wildman–Crippen LogP) is 1.46. The smallest absolute Gasteiger partial charge is 0.119 e. The van der Waals surface area contributed by atoms with Crippen LogP contribution in [0, 0.1) is 11.3 Å². The van der Waals surface area contributed by atoms with Gasteiger partial charge >= 0.3 is 0 Å². The molecule has 0 aromatic heterocycles. The summed E-state index contributed by atoms with van der Waals surface area (Å²) in [5, 5.41) is 8.58. The van der Waals surface area contributed by atoms with Crippen molar-refractivity contribution in [3.05, 3.63) is 29.8 Å². The number of nitriles is 1. The highest BCUT2D eigenvalue weighted by atomic mass is 16.5. The van der Waals surface area contributed by atoms with Gasteiger partial charge in [-0.1, -0.05) is 12.1 Å². The van der Waals surface area contributed by atoms with Crippen molar-refractivity contribution in [1.82, 2.24) is 4.90 Å². The molecule has 96 valence electrons. The van der Waals surface area contributed by atoms with Crippen LogP contribution in [0.3, 0.4) is 0 Å². The molecule has 1 aliphatic rings. The SMILES string of the molecule is N#CCc1ccc(OCCN2CCOCC2)cc1. The lowest BCUT2D eigenvalue weighted by atomic mass is 10.2. The molecule has 0 amide bonds. The molecule has 1 saturated heterocycles. The molecule has 0 radical (unpaired) electrons. The molecule has 0 unspecified atom stereocenters. The van der Waals surface area contributed by atoms with Crippen LogP contribution >= 0.6 is 0 Å². The van der Waals surface area contributed by atoms with E-state index in [1.807, 2.05) is 24.3 Å². The third kappa shape index (κ3) is 4.02. The van der Waals surface area contributed by atoms with Gasteiger partial charge in [-0.2, -0.15) is 5.26 Å². The molecule has 2 rings (SSSR count). The van der Waals surface area contributed by atoms with Crippen molar-refractivity contribution in [3.8, 4) is 11.8 Å². The van der Waals surface area contributed by atoms with Crippen LogP contribution in [0.5, 0.6) is 5.75 Å². The molecule has 1 aromatic carbocycles. The Hall–Kier alpha value is -1.57. The first-order valence-corrected chi connectivity index (χ1v) is 6.27. The number of morpholine rings is 1. The third-order valence-corrected chi connectivity index (χ3v) is 2.99. The quantitative estimate of drug-likeness (QED) is 0.789. The van der Waals surface area contributed by atoms with E-state index in [1.165, 1.54) is 0 Å². The van der Waals surface area contributed by atoms with Gasteiger partial charge in [0.25, 0.3) is 0 Å². The first-order chi connectivity index (χ1) is 8.88. The van der Waals surface area contributed by atoms with E-state index in [0.29, 0.717) is 13.0 Å². The van der Waals surface area contributed by atoms with Crippen molar-refractivity contribution < 1.29 is 9.47 Å². The Morgan fingerprint density at radius 3 is 2.61 bits per heavy atom. The summed E-state index contributed by atoms with van der Waals surface area (Å²) in [4.78, 5) is 2.34. The van der Waals surface area contributed by atoms with Crippen molar-refractivity contribution in [2.45, 2.75) is 6.42 Å². The molecule has 18 heavy (non-hydrogen) atoms. The summed E-state index contributed by atoms with van der Waals surface area (Å²) in [6.45, 7) is 5.25. The van der Waals surface area contributed by atoms with Crippen LogP contribution in [0.2, 0.25) is 0 Å². The zero-order chi connectivity index (χ0) is 12.6. The predicted molar refractivity (Wildman–Crippen MR) is 68.5 cm³/mol. The van der Waals surface area contributed by atoms with Gasteiger partial charge in [-0.3, -0.25) is 4.90 Å². The molecule has 1 aromatic rings. The average Bonchev–Trinajstić information content (AvgIpc) is 2.42. The Labute approximate surface area is 108 Å². The largest absolute Gasteiger partial charge is 0.492 e. The van der Waals surface area contributed by atoms with Gasteiger partial charge < -0.3 is 9.47 Å². The summed E-state index contributed by atoms with van der Waals surface area (Å²) >= 11 is 0. The molecule has 1 fully saturated rings. The third-order valence-electron chi connectivity index (χ3n) is 2.99. The van der Waals surface area contributed by atoms with Gasteiger partial charge in [0.2, 0.25) is 0 Å². The number of nitrogens with zero attached hydrogens (tertiary/aromatic N) is 2. The lowest BCUT2D eigenvalue weighted by Gasteiger charge is -2.26. The van der Waals surface area contributed by atoms with Crippen molar-refractivity contribution in [2.75, 3.05) is 39.5 Å². The first kappa shape index (κ1) is 12.9. The summed E-state index contributed by atoms with van der Waals surface area (Å²) in [6.07, 6.45) is 0.452. The molecule has 4 heteroatoms. The van der Waals surface area contributed by atoms with E-state index in [0.717, 1.165) is 44.2 Å². The molecule has 0 spiro atoms. The molecule has 1 heterocycles. The van der Waals surface area contributed by atoms with Gasteiger partial charge in [0, 0.05) is 19.6 Å². The van der Waals surface area contributed by atoms with Gasteiger partial charge in [-0.05, 0) is 17.7 Å². The molecule has 0 bridgehead atoms. The van der Waals surface area contributed by atoms with Crippen molar-refractivity contribution in [2.24, 2.45) is 0 Å². The highest BCUT2D eigenvalue weighted by Crippen LogP contribution is 2.12. The number of benzene rings is 1. The molecule has 0 saturated carbocycles. The second kappa shape index (κ2) is 7.00. The van der Waals surface area contributed by atoms with E-state index >= 15 is 0 Å². The first-order valence-electron chi connectivity index (χ1n) is 6.27. The number of hydrogen-bond donors (Lipinski definition) is 0. The minimum Gasteiger partial charge on any atom is -0.492 e. The standard InChI is InChI=1S/C14H18N2O2/c15-6-5-13-1-3-14(4-2-13)18-12-9-16-7-10-17-11-8-16/h1-4H,5,7-12H2. The van der Waals surface area contributed by atoms with Crippen molar-refractivity contribution >= 4 is 0 Å². The molecule has 0 atom stereocenters. The average molecular weight is 246 g/mol. The molecule has 0 N–H and O–H groups in total. The highest BCUT2D eigenvalue weighted by Gasteiger charge is 2.09. The maximum absolute atomic E-state index is 8.58. The minimum atomic E-state index is 0.452. The minimum absolute atomic E-state index is 0.452. The Kier molecular flexibility index (Phi) is 5.00. The van der Waals surface area contributed by atoms with Gasteiger partial charge in [0.15, 0.2) is 0 Å². The zero-order valence-electron chi connectivity index (χ0n) is 10.5. The normalized spacial score (nSPS) is 16.2. The summed E-state index contributed by atoms with van der Waals surface area (Å²) in [6, 6.07) is 9.85. The number of ether oxygens (including phenoxy) is 2. The topological polar surface area (TPSA) is 45.5 Å². The van der Waals surface area contributed by atoms with E-state index in [1.54, 1.807) is 0 Å². The van der Waals surface area contributed by atoms with Crippen LogP contribution in [0.4, 0.5) is 0 Å².